The van der Waals surface area contributed by atoms with E-state index in [0.29, 0.717) is 54.4 Å². The van der Waals surface area contributed by atoms with Crippen molar-refractivity contribution in [3.63, 3.8) is 0 Å². The predicted molar refractivity (Wildman–Crippen MR) is 131 cm³/mol. The molecule has 0 spiro atoms. The molecule has 1 aliphatic heterocycles. The van der Waals surface area contributed by atoms with Crippen LogP contribution in [-0.2, 0) is 11.3 Å². The molecule has 8 heteroatoms. The molecule has 0 radical (unpaired) electrons. The summed E-state index contributed by atoms with van der Waals surface area (Å²) in [4.78, 5) is 23.7. The van der Waals surface area contributed by atoms with Gasteiger partial charge in [-0.1, -0.05) is 37.3 Å². The highest BCUT2D eigenvalue weighted by molar-refractivity contribution is 5.97. The van der Waals surface area contributed by atoms with E-state index in [-0.39, 0.29) is 17.5 Å². The lowest BCUT2D eigenvalue weighted by Crippen LogP contribution is -2.35. The average molecular weight is 483 g/mol. The summed E-state index contributed by atoms with van der Waals surface area (Å²) >= 11 is 0. The Morgan fingerprint density at radius 2 is 1.91 bits per heavy atom. The number of aromatic nitrogens is 3. The summed E-state index contributed by atoms with van der Waals surface area (Å²) in [7, 11) is 0. The van der Waals surface area contributed by atoms with Crippen LogP contribution >= 0.6 is 0 Å². The molecule has 2 aromatic heterocycles. The highest BCUT2D eigenvalue weighted by atomic mass is 19.1. The Balaban J connectivity index is 1.44. The number of morpholine rings is 1. The molecule has 1 aromatic carbocycles. The molecule has 1 saturated heterocycles. The minimum Gasteiger partial charge on any atom is -0.379 e. The number of benzene rings is 1. The van der Waals surface area contributed by atoms with Crippen LogP contribution in [0.5, 0.6) is 0 Å². The fourth-order valence-corrected chi connectivity index (χ4v) is 5.68. The van der Waals surface area contributed by atoms with E-state index in [0.717, 1.165) is 50.2 Å². The van der Waals surface area contributed by atoms with Crippen LogP contribution in [0.3, 0.4) is 0 Å². The van der Waals surface area contributed by atoms with E-state index in [1.165, 1.54) is 25.5 Å². The number of carbonyl (C=O) groups is 1. The van der Waals surface area contributed by atoms with Crippen molar-refractivity contribution in [1.82, 2.24) is 20.0 Å². The monoisotopic (exact) mass is 482 g/mol. The topological polar surface area (TPSA) is 84.2 Å². The molecule has 35 heavy (non-hydrogen) atoms. The third kappa shape index (κ3) is 5.64. The second kappa shape index (κ2) is 11.0. The van der Waals surface area contributed by atoms with Gasteiger partial charge in [0.05, 0.1) is 30.0 Å². The fourth-order valence-electron chi connectivity index (χ4n) is 5.68. The number of carbonyl (C=O) groups excluding carboxylic acids is 1. The molecule has 1 atom stereocenters. The minimum atomic E-state index is -0.314. The van der Waals surface area contributed by atoms with Crippen molar-refractivity contribution in [2.24, 2.45) is 5.92 Å². The van der Waals surface area contributed by atoms with Gasteiger partial charge in [0, 0.05) is 32.0 Å². The van der Waals surface area contributed by atoms with Crippen LogP contribution in [0.2, 0.25) is 0 Å². The molecule has 188 valence electrons. The van der Waals surface area contributed by atoms with Gasteiger partial charge in [0.2, 0.25) is 0 Å². The van der Waals surface area contributed by atoms with Crippen LogP contribution in [0.1, 0.15) is 84.7 Å². The number of halogens is 1. The minimum absolute atomic E-state index is 0.00439. The molecule has 0 amide bonds. The van der Waals surface area contributed by atoms with Crippen molar-refractivity contribution >= 4 is 16.8 Å². The van der Waals surface area contributed by atoms with E-state index in [1.807, 2.05) is 6.07 Å². The van der Waals surface area contributed by atoms with Crippen LogP contribution in [0.25, 0.3) is 11.0 Å². The molecule has 3 heterocycles. The lowest BCUT2D eigenvalue weighted by Gasteiger charge is -2.27. The Labute approximate surface area is 205 Å². The van der Waals surface area contributed by atoms with Gasteiger partial charge in [-0.2, -0.15) is 0 Å². The molecule has 3 aromatic rings. The Bertz CT molecular complexity index is 1140. The highest BCUT2D eigenvalue weighted by Gasteiger charge is 2.30. The maximum absolute atomic E-state index is 15.2. The molecule has 2 aliphatic rings. The Morgan fingerprint density at radius 3 is 2.63 bits per heavy atom. The molecule has 2 fully saturated rings. The molecule has 0 bridgehead atoms. The number of H-pyrrole nitrogens is 1. The van der Waals surface area contributed by atoms with Gasteiger partial charge in [0.25, 0.3) is 0 Å². The zero-order valence-electron chi connectivity index (χ0n) is 20.5. The fraction of sp³-hybridized carbons (Fsp3) is 0.593. The largest absolute Gasteiger partial charge is 0.379 e. The predicted octanol–water partition coefficient (Wildman–Crippen LogP) is 5.55. The van der Waals surface area contributed by atoms with Crippen LogP contribution in [0, 0.1) is 18.7 Å². The quantitative estimate of drug-likeness (QED) is 0.445. The number of aryl methyl sites for hydroxylation is 1. The van der Waals surface area contributed by atoms with Gasteiger partial charge in [-0.25, -0.2) is 9.37 Å². The second-order valence-electron chi connectivity index (χ2n) is 10.1. The van der Waals surface area contributed by atoms with Crippen LogP contribution in [-0.4, -0.2) is 52.1 Å². The number of nitrogens with one attached hydrogen (secondary N) is 1. The summed E-state index contributed by atoms with van der Waals surface area (Å²) in [6.07, 6.45) is 9.89. The summed E-state index contributed by atoms with van der Waals surface area (Å²) in [5, 5.41) is 3.88. The van der Waals surface area contributed by atoms with Gasteiger partial charge in [0.1, 0.15) is 17.6 Å². The number of aromatic amines is 1. The molecular weight excluding hydrogens is 447 g/mol. The van der Waals surface area contributed by atoms with Gasteiger partial charge in [-0.05, 0) is 43.4 Å². The molecule has 1 aliphatic carbocycles. The third-order valence-electron chi connectivity index (χ3n) is 7.65. The maximum Gasteiger partial charge on any atom is 0.168 e. The lowest BCUT2D eigenvalue weighted by atomic mass is 9.78. The number of rotatable bonds is 7. The lowest BCUT2D eigenvalue weighted by molar-refractivity contribution is 0.0342. The molecule has 1 N–H and O–H groups in total. The van der Waals surface area contributed by atoms with Crippen molar-refractivity contribution in [1.29, 1.82) is 0 Å². The Kier molecular flexibility index (Phi) is 7.58. The van der Waals surface area contributed by atoms with Gasteiger partial charge < -0.3 is 14.2 Å². The van der Waals surface area contributed by atoms with Gasteiger partial charge >= 0.3 is 0 Å². The Morgan fingerprint density at radius 1 is 1.17 bits per heavy atom. The van der Waals surface area contributed by atoms with Crippen molar-refractivity contribution in [2.45, 2.75) is 70.8 Å². The molecule has 7 nitrogen and oxygen atoms in total. The number of ketones is 1. The van der Waals surface area contributed by atoms with Crippen molar-refractivity contribution in [3.05, 3.63) is 46.9 Å². The SMILES string of the molecule is Cc1nocc1C(=O)CC(c1nc2c(F)cc(CN3CCOCC3)cc2[nH]1)C1CCCCCCC1. The van der Waals surface area contributed by atoms with E-state index in [2.05, 4.69) is 15.0 Å². The van der Waals surface area contributed by atoms with Gasteiger partial charge in [0.15, 0.2) is 11.6 Å². The van der Waals surface area contributed by atoms with Gasteiger partial charge in [-0.3, -0.25) is 9.69 Å². The molecule has 5 rings (SSSR count). The molecule has 1 unspecified atom stereocenters. The summed E-state index contributed by atoms with van der Waals surface area (Å²) < 4.78 is 25.6. The number of hydrogen-bond acceptors (Lipinski definition) is 6. The summed E-state index contributed by atoms with van der Waals surface area (Å²) in [5.41, 5.74) is 3.11. The average Bonchev–Trinajstić information content (AvgIpc) is 3.45. The van der Waals surface area contributed by atoms with Crippen LogP contribution < -0.4 is 0 Å². The smallest absolute Gasteiger partial charge is 0.168 e. The van der Waals surface area contributed by atoms with Crippen LogP contribution in [0.4, 0.5) is 4.39 Å². The normalized spacial score (nSPS) is 19.5. The van der Waals surface area contributed by atoms with Crippen molar-refractivity contribution in [3.8, 4) is 0 Å². The van der Waals surface area contributed by atoms with E-state index in [4.69, 9.17) is 14.2 Å². The third-order valence-corrected chi connectivity index (χ3v) is 7.65. The number of hydrogen-bond donors (Lipinski definition) is 1. The van der Waals surface area contributed by atoms with E-state index < -0.39 is 0 Å². The summed E-state index contributed by atoms with van der Waals surface area (Å²) in [6.45, 7) is 5.59. The standard InChI is InChI=1S/C27H35FN4O3/c1-18-22(17-35-31-18)25(33)15-21(20-7-5-3-2-4-6-8-20)27-29-24-14-19(13-23(28)26(24)30-27)16-32-9-11-34-12-10-32/h13-14,17,20-21H,2-12,15-16H2,1H3,(H,29,30). The molecule has 1 saturated carbocycles. The zero-order chi connectivity index (χ0) is 24.2. The summed E-state index contributed by atoms with van der Waals surface area (Å²) in [5.74, 6) is 0.645. The van der Waals surface area contributed by atoms with Crippen LogP contribution in [0.15, 0.2) is 22.9 Å². The maximum atomic E-state index is 15.2. The van der Waals surface area contributed by atoms with Crippen molar-refractivity contribution in [2.75, 3.05) is 26.3 Å². The Hall–Kier alpha value is -2.58. The number of ether oxygens (including phenoxy) is 1. The van der Waals surface area contributed by atoms with E-state index in [1.54, 1.807) is 13.0 Å². The number of imidazole rings is 1. The van der Waals surface area contributed by atoms with Gasteiger partial charge in [-0.15, -0.1) is 0 Å². The zero-order valence-corrected chi connectivity index (χ0v) is 20.5. The first-order valence-electron chi connectivity index (χ1n) is 13.0. The first kappa shape index (κ1) is 24.1. The number of fused-ring (bicyclic) bond motifs is 1. The van der Waals surface area contributed by atoms with Crippen molar-refractivity contribution < 1.29 is 18.4 Å². The first-order valence-corrected chi connectivity index (χ1v) is 13.0. The number of Topliss-reactive ketones (excluding diaryl/α,β-unsaturated/α-hetero) is 1. The molecular formula is C27H35FN4O3. The number of nitrogens with zero attached hydrogens (tertiary/aromatic N) is 3. The van der Waals surface area contributed by atoms with E-state index in [9.17, 15) is 4.79 Å². The first-order chi connectivity index (χ1) is 17.1. The van der Waals surface area contributed by atoms with E-state index >= 15 is 4.39 Å². The summed E-state index contributed by atoms with van der Waals surface area (Å²) in [6, 6.07) is 3.60. The highest BCUT2D eigenvalue weighted by Crippen LogP contribution is 2.38. The second-order valence-corrected chi connectivity index (χ2v) is 10.1.